The van der Waals surface area contributed by atoms with Crippen molar-refractivity contribution in [2.75, 3.05) is 0 Å². The van der Waals surface area contributed by atoms with E-state index < -0.39 is 9.52 Å². The molecule has 152 valence electrons. The Morgan fingerprint density at radius 3 is 1.22 bits per heavy atom. The molecule has 0 bridgehead atoms. The van der Waals surface area contributed by atoms with Crippen molar-refractivity contribution in [1.29, 1.82) is 0 Å². The van der Waals surface area contributed by atoms with Crippen molar-refractivity contribution < 1.29 is 0 Å². The highest BCUT2D eigenvalue weighted by atomic mass is 35.5. The normalized spacial score (nSPS) is 25.3. The number of rotatable bonds is 4. The molecule has 0 saturated carbocycles. The molecule has 2 atom stereocenters. The van der Waals surface area contributed by atoms with E-state index in [9.17, 15) is 0 Å². The van der Waals surface area contributed by atoms with Crippen LogP contribution in [0.15, 0.2) is 42.7 Å². The van der Waals surface area contributed by atoms with Gasteiger partial charge < -0.3 is 0 Å². The first-order chi connectivity index (χ1) is 12.3. The molecule has 0 saturated heterocycles. The molecule has 0 aromatic heterocycles. The summed E-state index contributed by atoms with van der Waals surface area (Å²) in [5.74, 6) is 0.795. The first kappa shape index (κ1) is 23.0. The van der Waals surface area contributed by atoms with Gasteiger partial charge in [0.15, 0.2) is 0 Å². The summed E-state index contributed by atoms with van der Waals surface area (Å²) < 4.78 is 0. The second-order valence-electron chi connectivity index (χ2n) is 10.4. The zero-order valence-electron chi connectivity index (χ0n) is 19.0. The van der Waals surface area contributed by atoms with Gasteiger partial charge in [-0.3, -0.25) is 0 Å². The Labute approximate surface area is 180 Å². The molecule has 0 aromatic rings. The first-order valence-corrected chi connectivity index (χ1v) is 12.6. The molecule has 3 heteroatoms. The second-order valence-corrected chi connectivity index (χ2v) is 12.9. The second kappa shape index (κ2) is 7.88. The number of hydrogen-bond donors (Lipinski definition) is 0. The molecule has 0 aliphatic heterocycles. The van der Waals surface area contributed by atoms with Crippen molar-refractivity contribution >= 4 is 32.7 Å². The molecular formula is C24H38Cl2Si. The fraction of sp³-hybridized carbons (Fsp3) is 0.667. The van der Waals surface area contributed by atoms with Gasteiger partial charge in [-0.15, -0.1) is 0 Å². The van der Waals surface area contributed by atoms with Crippen LogP contribution >= 0.6 is 23.2 Å². The van der Waals surface area contributed by atoms with Crippen LogP contribution in [-0.2, 0) is 0 Å². The first-order valence-electron chi connectivity index (χ1n) is 10.5. The molecule has 0 radical (unpaired) electrons. The van der Waals surface area contributed by atoms with E-state index in [0.717, 1.165) is 22.9 Å². The maximum Gasteiger partial charge on any atom is 0.0913 e. The highest BCUT2D eigenvalue weighted by Crippen LogP contribution is 2.52. The average Bonchev–Trinajstić information content (AvgIpc) is 2.89. The van der Waals surface area contributed by atoms with Crippen molar-refractivity contribution in [3.63, 3.8) is 0 Å². The third-order valence-corrected chi connectivity index (χ3v) is 9.90. The minimum Gasteiger partial charge on any atom is -0.0886 e. The van der Waals surface area contributed by atoms with Crippen molar-refractivity contribution in [1.82, 2.24) is 0 Å². The Morgan fingerprint density at radius 2 is 1.00 bits per heavy atom. The van der Waals surface area contributed by atoms with Crippen LogP contribution in [0.25, 0.3) is 0 Å². The summed E-state index contributed by atoms with van der Waals surface area (Å²) in [4.78, 5) is 0. The topological polar surface area (TPSA) is 0 Å². The Hall–Kier alpha value is -0.243. The molecule has 27 heavy (non-hydrogen) atoms. The molecule has 0 fully saturated rings. The highest BCUT2D eigenvalue weighted by molar-refractivity contribution is 6.61. The quantitative estimate of drug-likeness (QED) is 0.402. The molecule has 0 N–H and O–H groups in total. The number of allylic oxidation sites excluding steroid dienone is 8. The summed E-state index contributed by atoms with van der Waals surface area (Å²) in [6, 6.07) is 0. The molecule has 0 amide bonds. The van der Waals surface area contributed by atoms with Crippen molar-refractivity contribution in [2.45, 2.75) is 82.1 Å². The third kappa shape index (κ3) is 4.07. The summed E-state index contributed by atoms with van der Waals surface area (Å²) in [5.41, 5.74) is 6.22. The highest BCUT2D eigenvalue weighted by Gasteiger charge is 2.39. The van der Waals surface area contributed by atoms with Crippen LogP contribution in [0.2, 0.25) is 0 Å². The van der Waals surface area contributed by atoms with Crippen LogP contribution in [0.1, 0.15) is 82.1 Å². The third-order valence-electron chi connectivity index (χ3n) is 6.30. The largest absolute Gasteiger partial charge is 0.0913 e. The molecule has 2 aliphatic carbocycles. The fourth-order valence-electron chi connectivity index (χ4n) is 5.45. The molecule has 0 heterocycles. The molecule has 2 aliphatic rings. The lowest BCUT2D eigenvalue weighted by Gasteiger charge is -2.29. The molecular weight excluding hydrogens is 387 g/mol. The number of halogens is 2. The lowest BCUT2D eigenvalue weighted by atomic mass is 9.83. The smallest absolute Gasteiger partial charge is 0.0886 e. The van der Waals surface area contributed by atoms with Gasteiger partial charge in [-0.05, 0) is 59.1 Å². The lowest BCUT2D eigenvalue weighted by molar-refractivity contribution is 0.506. The van der Waals surface area contributed by atoms with E-state index in [1.807, 2.05) is 0 Å². The van der Waals surface area contributed by atoms with Crippen LogP contribution < -0.4 is 0 Å². The fourth-order valence-corrected chi connectivity index (χ4v) is 9.83. The van der Waals surface area contributed by atoms with Gasteiger partial charge in [0, 0.05) is 21.9 Å². The van der Waals surface area contributed by atoms with Gasteiger partial charge in [-0.25, -0.2) is 0 Å². The molecule has 2 unspecified atom stereocenters. The maximum atomic E-state index is 7.03. The SMILES string of the molecule is CCC1C(C)=C(C(C)(C)C)C([SiH2]C2=C(Cl)C(CC)C(C)=C2C(C)(C)C)=C1Cl. The van der Waals surface area contributed by atoms with E-state index in [-0.39, 0.29) is 10.8 Å². The van der Waals surface area contributed by atoms with Crippen LogP contribution in [0, 0.1) is 22.7 Å². The zero-order chi connectivity index (χ0) is 20.9. The number of hydrogen-bond acceptors (Lipinski definition) is 0. The van der Waals surface area contributed by atoms with E-state index in [0.29, 0.717) is 11.8 Å². The Kier molecular flexibility index (Phi) is 6.72. The summed E-state index contributed by atoms with van der Waals surface area (Å²) in [6.07, 6.45) is 2.15. The van der Waals surface area contributed by atoms with Gasteiger partial charge in [0.25, 0.3) is 0 Å². The molecule has 0 nitrogen and oxygen atoms in total. The summed E-state index contributed by atoms with van der Waals surface area (Å²) in [6.45, 7) is 23.1. The van der Waals surface area contributed by atoms with Gasteiger partial charge in [0.2, 0.25) is 0 Å². The van der Waals surface area contributed by atoms with Gasteiger partial charge in [-0.1, -0.05) is 89.7 Å². The van der Waals surface area contributed by atoms with Crippen LogP contribution in [0.5, 0.6) is 0 Å². The maximum absolute atomic E-state index is 7.03. The van der Waals surface area contributed by atoms with E-state index in [1.54, 1.807) is 0 Å². The van der Waals surface area contributed by atoms with Gasteiger partial charge >= 0.3 is 0 Å². The van der Waals surface area contributed by atoms with E-state index >= 15 is 0 Å². The molecule has 2 rings (SSSR count). The average molecular weight is 426 g/mol. The summed E-state index contributed by atoms with van der Waals surface area (Å²) in [7, 11) is -0.751. The Balaban J connectivity index is 2.63. The Bertz CT molecular complexity index is 684. The van der Waals surface area contributed by atoms with Gasteiger partial charge in [-0.2, -0.15) is 0 Å². The minimum absolute atomic E-state index is 0.118. The van der Waals surface area contributed by atoms with E-state index in [2.05, 4.69) is 69.2 Å². The van der Waals surface area contributed by atoms with Gasteiger partial charge in [0.1, 0.15) is 0 Å². The molecule has 0 spiro atoms. The van der Waals surface area contributed by atoms with Crippen molar-refractivity contribution in [3.8, 4) is 0 Å². The van der Waals surface area contributed by atoms with E-state index in [1.165, 1.54) is 32.7 Å². The Morgan fingerprint density at radius 1 is 0.704 bits per heavy atom. The van der Waals surface area contributed by atoms with Crippen LogP contribution in [0.4, 0.5) is 0 Å². The summed E-state index contributed by atoms with van der Waals surface area (Å²) >= 11 is 14.1. The van der Waals surface area contributed by atoms with Crippen molar-refractivity contribution in [2.24, 2.45) is 22.7 Å². The predicted molar refractivity (Wildman–Crippen MR) is 126 cm³/mol. The standard InChI is InChI=1S/C24H38Cl2Si/c1-11-15-13(3)17(23(5,6)7)21(19(15)25)27-22-18(24(8,9)10)14(4)16(12-2)20(22)26/h15-16H,11-12,27H2,1-10H3. The van der Waals surface area contributed by atoms with Crippen LogP contribution in [0.3, 0.4) is 0 Å². The van der Waals surface area contributed by atoms with Crippen LogP contribution in [-0.4, -0.2) is 9.52 Å². The minimum atomic E-state index is -0.751. The zero-order valence-corrected chi connectivity index (χ0v) is 22.0. The summed E-state index contributed by atoms with van der Waals surface area (Å²) in [5, 5.41) is 5.14. The monoisotopic (exact) mass is 424 g/mol. The van der Waals surface area contributed by atoms with Crippen molar-refractivity contribution in [3.05, 3.63) is 42.7 Å². The van der Waals surface area contributed by atoms with Gasteiger partial charge in [0.05, 0.1) is 9.52 Å². The van der Waals surface area contributed by atoms with E-state index in [4.69, 9.17) is 23.2 Å². The predicted octanol–water partition coefficient (Wildman–Crippen LogP) is 7.86. The molecule has 0 aromatic carbocycles. The lowest BCUT2D eigenvalue weighted by Crippen LogP contribution is -2.20.